The van der Waals surface area contributed by atoms with Crippen molar-refractivity contribution in [2.45, 2.75) is 59.0 Å². The summed E-state index contributed by atoms with van der Waals surface area (Å²) >= 11 is 6.38. The van der Waals surface area contributed by atoms with Crippen LogP contribution in [-0.2, 0) is 16.0 Å². The highest BCUT2D eigenvalue weighted by atomic mass is 35.5. The highest BCUT2D eigenvalue weighted by molar-refractivity contribution is 6.32. The van der Waals surface area contributed by atoms with E-state index < -0.39 is 0 Å². The van der Waals surface area contributed by atoms with Gasteiger partial charge in [0.1, 0.15) is 5.75 Å². The molecule has 0 saturated carbocycles. The molecule has 1 aliphatic carbocycles. The van der Waals surface area contributed by atoms with Crippen LogP contribution in [0.4, 0.5) is 0 Å². The molecule has 0 atom stereocenters. The van der Waals surface area contributed by atoms with E-state index in [-0.39, 0.29) is 12.1 Å². The Hall–Kier alpha value is -3.12. The maximum Gasteiger partial charge on any atom is 0.305 e. The van der Waals surface area contributed by atoms with Gasteiger partial charge in [-0.05, 0) is 81.4 Å². The summed E-state index contributed by atoms with van der Waals surface area (Å²) in [6, 6.07) is 11.7. The van der Waals surface area contributed by atoms with Gasteiger partial charge in [0.05, 0.1) is 17.7 Å². The van der Waals surface area contributed by atoms with Crippen molar-refractivity contribution in [3.05, 3.63) is 58.6 Å². The molecule has 7 heteroatoms. The number of rotatable bonds is 10. The molecule has 0 radical (unpaired) electrons. The van der Waals surface area contributed by atoms with Crippen LogP contribution in [0.1, 0.15) is 57.6 Å². The number of hydrogen-bond donors (Lipinski definition) is 0. The van der Waals surface area contributed by atoms with Gasteiger partial charge in [0, 0.05) is 17.5 Å². The van der Waals surface area contributed by atoms with Gasteiger partial charge in [-0.1, -0.05) is 41.0 Å². The van der Waals surface area contributed by atoms with Crippen molar-refractivity contribution in [1.82, 2.24) is 10.1 Å². The fraction of sp³-hybridized carbons (Fsp3) is 0.370. The molecule has 0 bridgehead atoms. The quantitative estimate of drug-likeness (QED) is 0.232. The van der Waals surface area contributed by atoms with Crippen LogP contribution < -0.4 is 4.74 Å². The van der Waals surface area contributed by atoms with Crippen molar-refractivity contribution in [3.63, 3.8) is 0 Å². The zero-order valence-electron chi connectivity index (χ0n) is 19.8. The SMILES string of the molecule is CCOC(=O)CCCCC1=CCc2c1cccc2-c1noc(-c2ccc(OC(C)C)c(Cl)c2)n1. The molecule has 0 fully saturated rings. The van der Waals surface area contributed by atoms with E-state index >= 15 is 0 Å². The number of hydrogen-bond acceptors (Lipinski definition) is 6. The maximum atomic E-state index is 11.5. The Morgan fingerprint density at radius 2 is 2.00 bits per heavy atom. The largest absolute Gasteiger partial charge is 0.489 e. The van der Waals surface area contributed by atoms with E-state index in [1.54, 1.807) is 6.07 Å². The third-order valence-electron chi connectivity index (χ3n) is 5.67. The molecule has 0 amide bonds. The van der Waals surface area contributed by atoms with Crippen molar-refractivity contribution < 1.29 is 18.8 Å². The van der Waals surface area contributed by atoms with Crippen LogP contribution in [0.15, 0.2) is 47.0 Å². The van der Waals surface area contributed by atoms with Gasteiger partial charge in [0.2, 0.25) is 5.82 Å². The molecule has 4 rings (SSSR count). The summed E-state index contributed by atoms with van der Waals surface area (Å²) in [5.41, 5.74) is 5.44. The minimum Gasteiger partial charge on any atom is -0.489 e. The van der Waals surface area contributed by atoms with Crippen molar-refractivity contribution >= 4 is 23.1 Å². The van der Waals surface area contributed by atoms with Crippen LogP contribution >= 0.6 is 11.6 Å². The number of fused-ring (bicyclic) bond motifs is 1. The maximum absolute atomic E-state index is 11.5. The van der Waals surface area contributed by atoms with E-state index in [0.29, 0.717) is 35.5 Å². The number of carbonyl (C=O) groups excluding carboxylic acids is 1. The lowest BCUT2D eigenvalue weighted by atomic mass is 9.97. The molecular weight excluding hydrogens is 452 g/mol. The monoisotopic (exact) mass is 480 g/mol. The van der Waals surface area contributed by atoms with Crippen LogP contribution in [0.25, 0.3) is 28.4 Å². The fourth-order valence-corrected chi connectivity index (χ4v) is 4.37. The van der Waals surface area contributed by atoms with Gasteiger partial charge in [-0.3, -0.25) is 4.79 Å². The number of allylic oxidation sites excluding steroid dienone is 2. The average molecular weight is 481 g/mol. The standard InChI is InChI=1S/C27H29ClN2O4/c1-4-32-25(31)11-6-5-8-18-12-14-21-20(18)9-7-10-22(21)26-29-27(34-30-26)19-13-15-24(23(28)16-19)33-17(2)3/h7,9-10,12-13,15-17H,4-6,8,11,14H2,1-3H3. The Morgan fingerprint density at radius 1 is 1.18 bits per heavy atom. The Kier molecular flexibility index (Phi) is 7.68. The molecule has 0 spiro atoms. The Balaban J connectivity index is 1.46. The first-order valence-corrected chi connectivity index (χ1v) is 12.1. The van der Waals surface area contributed by atoms with Gasteiger partial charge >= 0.3 is 5.97 Å². The molecule has 178 valence electrons. The number of nitrogens with zero attached hydrogens (tertiary/aromatic N) is 2. The first kappa shape index (κ1) is 24.0. The van der Waals surface area contributed by atoms with Gasteiger partial charge in [-0.25, -0.2) is 0 Å². The average Bonchev–Trinajstić information content (AvgIpc) is 3.46. The van der Waals surface area contributed by atoms with Gasteiger partial charge in [0.25, 0.3) is 5.89 Å². The zero-order chi connectivity index (χ0) is 24.1. The molecule has 1 aromatic heterocycles. The lowest BCUT2D eigenvalue weighted by Crippen LogP contribution is -2.05. The predicted octanol–water partition coefficient (Wildman–Crippen LogP) is 6.91. The second-order valence-corrected chi connectivity index (χ2v) is 8.92. The molecule has 34 heavy (non-hydrogen) atoms. The first-order valence-electron chi connectivity index (χ1n) is 11.7. The van der Waals surface area contributed by atoms with Crippen LogP contribution in [0.5, 0.6) is 5.75 Å². The van der Waals surface area contributed by atoms with Crippen molar-refractivity contribution in [2.75, 3.05) is 6.61 Å². The molecular formula is C27H29ClN2O4. The summed E-state index contributed by atoms with van der Waals surface area (Å²) in [7, 11) is 0. The van der Waals surface area contributed by atoms with E-state index in [9.17, 15) is 4.79 Å². The zero-order valence-corrected chi connectivity index (χ0v) is 20.5. The minimum atomic E-state index is -0.123. The summed E-state index contributed by atoms with van der Waals surface area (Å²) in [4.78, 5) is 16.2. The molecule has 3 aromatic rings. The second kappa shape index (κ2) is 10.9. The number of benzene rings is 2. The third-order valence-corrected chi connectivity index (χ3v) is 5.96. The Labute approximate surface area is 204 Å². The highest BCUT2D eigenvalue weighted by Crippen LogP contribution is 2.37. The van der Waals surface area contributed by atoms with Crippen LogP contribution in [0, 0.1) is 0 Å². The topological polar surface area (TPSA) is 74.5 Å². The van der Waals surface area contributed by atoms with Crippen molar-refractivity contribution in [3.8, 4) is 28.6 Å². The number of carbonyl (C=O) groups is 1. The van der Waals surface area contributed by atoms with Crippen molar-refractivity contribution in [1.29, 1.82) is 0 Å². The summed E-state index contributed by atoms with van der Waals surface area (Å²) in [6.45, 7) is 6.17. The molecule has 2 aromatic carbocycles. The van der Waals surface area contributed by atoms with Crippen LogP contribution in [0.2, 0.25) is 5.02 Å². The predicted molar refractivity (Wildman–Crippen MR) is 133 cm³/mol. The number of halogens is 1. The third kappa shape index (κ3) is 5.50. The molecule has 1 heterocycles. The number of unbranched alkanes of at least 4 members (excludes halogenated alkanes) is 1. The minimum absolute atomic E-state index is 0.0367. The lowest BCUT2D eigenvalue weighted by Gasteiger charge is -2.11. The lowest BCUT2D eigenvalue weighted by molar-refractivity contribution is -0.143. The Bertz CT molecular complexity index is 1200. The first-order chi connectivity index (χ1) is 16.5. The molecule has 6 nitrogen and oxygen atoms in total. The molecule has 1 aliphatic rings. The molecule has 0 saturated heterocycles. The summed E-state index contributed by atoms with van der Waals surface area (Å²) in [5, 5.41) is 4.75. The van der Waals surface area contributed by atoms with Crippen LogP contribution in [0.3, 0.4) is 0 Å². The summed E-state index contributed by atoms with van der Waals surface area (Å²) < 4.78 is 16.3. The number of ether oxygens (including phenoxy) is 2. The Morgan fingerprint density at radius 3 is 2.76 bits per heavy atom. The highest BCUT2D eigenvalue weighted by Gasteiger charge is 2.21. The van der Waals surface area contributed by atoms with Gasteiger partial charge < -0.3 is 14.0 Å². The van der Waals surface area contributed by atoms with E-state index in [4.69, 9.17) is 25.6 Å². The van der Waals surface area contributed by atoms with Gasteiger partial charge in [-0.15, -0.1) is 0 Å². The molecule has 0 unspecified atom stereocenters. The van der Waals surface area contributed by atoms with Crippen molar-refractivity contribution in [2.24, 2.45) is 0 Å². The van der Waals surface area contributed by atoms with E-state index in [1.165, 1.54) is 16.7 Å². The smallest absolute Gasteiger partial charge is 0.305 e. The number of aromatic nitrogens is 2. The summed E-state index contributed by atoms with van der Waals surface area (Å²) in [6.07, 6.45) is 6.28. The van der Waals surface area contributed by atoms with E-state index in [0.717, 1.165) is 36.8 Å². The summed E-state index contributed by atoms with van der Waals surface area (Å²) in [5.74, 6) is 1.47. The number of esters is 1. The second-order valence-electron chi connectivity index (χ2n) is 8.51. The van der Waals surface area contributed by atoms with E-state index in [1.807, 2.05) is 45.0 Å². The fourth-order valence-electron chi connectivity index (χ4n) is 4.14. The van der Waals surface area contributed by atoms with E-state index in [2.05, 4.69) is 22.3 Å². The van der Waals surface area contributed by atoms with Gasteiger partial charge in [0.15, 0.2) is 0 Å². The van der Waals surface area contributed by atoms with Crippen LogP contribution in [-0.4, -0.2) is 28.8 Å². The molecule has 0 aliphatic heterocycles. The van der Waals surface area contributed by atoms with Gasteiger partial charge in [-0.2, -0.15) is 4.98 Å². The molecule has 0 N–H and O–H groups in total. The normalized spacial score (nSPS) is 12.6.